The van der Waals surface area contributed by atoms with Crippen molar-refractivity contribution in [3.8, 4) is 0 Å². The van der Waals surface area contributed by atoms with Gasteiger partial charge in [-0.25, -0.2) is 12.8 Å². The number of sulfone groups is 1. The van der Waals surface area contributed by atoms with Crippen molar-refractivity contribution in [2.24, 2.45) is 0 Å². The fourth-order valence-electron chi connectivity index (χ4n) is 1.81. The van der Waals surface area contributed by atoms with Crippen LogP contribution >= 0.6 is 11.6 Å². The maximum atomic E-state index is 13.6. The summed E-state index contributed by atoms with van der Waals surface area (Å²) >= 11 is 5.81. The largest absolute Gasteiger partial charge is 0.380 e. The molecule has 0 amide bonds. The van der Waals surface area contributed by atoms with E-state index in [1.165, 1.54) is 24.3 Å². The molecule has 0 fully saturated rings. The van der Waals surface area contributed by atoms with E-state index in [0.717, 1.165) is 6.26 Å². The second kappa shape index (κ2) is 5.81. The third-order valence-electron chi connectivity index (χ3n) is 2.76. The van der Waals surface area contributed by atoms with Crippen molar-refractivity contribution in [1.29, 1.82) is 0 Å². The van der Waals surface area contributed by atoms with Gasteiger partial charge in [-0.15, -0.1) is 0 Å². The molecule has 0 aliphatic rings. The van der Waals surface area contributed by atoms with Crippen molar-refractivity contribution in [3.63, 3.8) is 0 Å². The summed E-state index contributed by atoms with van der Waals surface area (Å²) in [5, 5.41) is 3.36. The molecule has 20 heavy (non-hydrogen) atoms. The Morgan fingerprint density at radius 2 is 1.90 bits per heavy atom. The van der Waals surface area contributed by atoms with Crippen LogP contribution in [0.1, 0.15) is 5.56 Å². The summed E-state index contributed by atoms with van der Waals surface area (Å²) in [6, 6.07) is 10.7. The zero-order chi connectivity index (χ0) is 14.8. The molecule has 6 heteroatoms. The molecule has 0 radical (unpaired) electrons. The van der Waals surface area contributed by atoms with Crippen LogP contribution in [-0.2, 0) is 16.4 Å². The van der Waals surface area contributed by atoms with E-state index in [1.807, 2.05) is 0 Å². The van der Waals surface area contributed by atoms with E-state index in [4.69, 9.17) is 11.6 Å². The minimum absolute atomic E-state index is 0.152. The molecule has 0 heterocycles. The number of anilines is 1. The number of rotatable bonds is 4. The molecule has 0 atom stereocenters. The first kappa shape index (κ1) is 14.8. The smallest absolute Gasteiger partial charge is 0.177 e. The van der Waals surface area contributed by atoms with E-state index in [9.17, 15) is 12.8 Å². The number of benzene rings is 2. The van der Waals surface area contributed by atoms with Crippen molar-refractivity contribution in [2.45, 2.75) is 11.4 Å². The standard InChI is InChI=1S/C14H13ClFNO2S/c1-20(18,19)14-5-3-2-4-13(14)17-9-10-8-11(15)6-7-12(10)16/h2-8,17H,9H2,1H3. The molecule has 0 aromatic heterocycles. The molecule has 0 aliphatic heterocycles. The van der Waals surface area contributed by atoms with Crippen molar-refractivity contribution >= 4 is 27.1 Å². The summed E-state index contributed by atoms with van der Waals surface area (Å²) in [6.45, 7) is 0.152. The highest BCUT2D eigenvalue weighted by atomic mass is 35.5. The Hall–Kier alpha value is -1.59. The van der Waals surface area contributed by atoms with Crippen LogP contribution in [0.25, 0.3) is 0 Å². The lowest BCUT2D eigenvalue weighted by Crippen LogP contribution is -2.07. The molecule has 0 spiro atoms. The normalized spacial score (nSPS) is 11.3. The molecule has 3 nitrogen and oxygen atoms in total. The maximum Gasteiger partial charge on any atom is 0.177 e. The summed E-state index contributed by atoms with van der Waals surface area (Å²) in [4.78, 5) is 0.183. The number of halogens is 2. The van der Waals surface area contributed by atoms with Gasteiger partial charge in [0.05, 0.1) is 10.6 Å². The molecule has 0 saturated heterocycles. The third-order valence-corrected chi connectivity index (χ3v) is 4.15. The minimum Gasteiger partial charge on any atom is -0.380 e. The first-order chi connectivity index (χ1) is 9.38. The Morgan fingerprint density at radius 1 is 1.20 bits per heavy atom. The number of hydrogen-bond donors (Lipinski definition) is 1. The van der Waals surface area contributed by atoms with E-state index in [0.29, 0.717) is 16.3 Å². The Morgan fingerprint density at radius 3 is 2.60 bits per heavy atom. The lowest BCUT2D eigenvalue weighted by Gasteiger charge is -2.11. The molecule has 2 rings (SSSR count). The van der Waals surface area contributed by atoms with Crippen LogP contribution in [0.4, 0.5) is 10.1 Å². The van der Waals surface area contributed by atoms with Gasteiger partial charge >= 0.3 is 0 Å². The van der Waals surface area contributed by atoms with E-state index in [1.54, 1.807) is 18.2 Å². The Kier molecular flexibility index (Phi) is 4.30. The predicted octanol–water partition coefficient (Wildman–Crippen LogP) is 3.49. The second-order valence-electron chi connectivity index (χ2n) is 4.36. The first-order valence-corrected chi connectivity index (χ1v) is 8.12. The Balaban J connectivity index is 2.26. The van der Waals surface area contributed by atoms with Gasteiger partial charge in [0, 0.05) is 23.4 Å². The number of nitrogens with one attached hydrogen (secondary N) is 1. The molecule has 0 aliphatic carbocycles. The Bertz CT molecular complexity index is 732. The molecule has 2 aromatic carbocycles. The van der Waals surface area contributed by atoms with Gasteiger partial charge in [-0.2, -0.15) is 0 Å². The van der Waals surface area contributed by atoms with Gasteiger partial charge in [0.1, 0.15) is 5.82 Å². The van der Waals surface area contributed by atoms with Crippen molar-refractivity contribution in [3.05, 3.63) is 58.9 Å². The average molecular weight is 314 g/mol. The van der Waals surface area contributed by atoms with Crippen molar-refractivity contribution in [2.75, 3.05) is 11.6 Å². The maximum absolute atomic E-state index is 13.6. The van der Waals surface area contributed by atoms with Crippen LogP contribution in [0.15, 0.2) is 47.4 Å². The number of hydrogen-bond acceptors (Lipinski definition) is 3. The lowest BCUT2D eigenvalue weighted by molar-refractivity contribution is 0.602. The van der Waals surface area contributed by atoms with Crippen LogP contribution in [0, 0.1) is 5.82 Å². The van der Waals surface area contributed by atoms with Crippen LogP contribution in [0.3, 0.4) is 0 Å². The van der Waals surface area contributed by atoms with Crippen molar-refractivity contribution < 1.29 is 12.8 Å². The monoisotopic (exact) mass is 313 g/mol. The topological polar surface area (TPSA) is 46.2 Å². The van der Waals surface area contributed by atoms with E-state index < -0.39 is 15.7 Å². The van der Waals surface area contributed by atoms with Gasteiger partial charge in [-0.05, 0) is 30.3 Å². The zero-order valence-electron chi connectivity index (χ0n) is 10.7. The van der Waals surface area contributed by atoms with Crippen molar-refractivity contribution in [1.82, 2.24) is 0 Å². The highest BCUT2D eigenvalue weighted by Crippen LogP contribution is 2.22. The van der Waals surface area contributed by atoms with Gasteiger partial charge in [-0.3, -0.25) is 0 Å². The fourth-order valence-corrected chi connectivity index (χ4v) is 2.87. The molecule has 0 unspecified atom stereocenters. The summed E-state index contributed by atoms with van der Waals surface area (Å²) in [5.41, 5.74) is 0.815. The van der Waals surface area contributed by atoms with Crippen LogP contribution in [0.5, 0.6) is 0 Å². The van der Waals surface area contributed by atoms with E-state index >= 15 is 0 Å². The predicted molar refractivity (Wildman–Crippen MR) is 78.3 cm³/mol. The van der Waals surface area contributed by atoms with Gasteiger partial charge in [0.25, 0.3) is 0 Å². The molecular formula is C14H13ClFNO2S. The highest BCUT2D eigenvalue weighted by Gasteiger charge is 2.12. The molecule has 0 saturated carbocycles. The fraction of sp³-hybridized carbons (Fsp3) is 0.143. The first-order valence-electron chi connectivity index (χ1n) is 5.85. The van der Waals surface area contributed by atoms with Crippen LogP contribution in [-0.4, -0.2) is 14.7 Å². The van der Waals surface area contributed by atoms with E-state index in [2.05, 4.69) is 5.32 Å². The van der Waals surface area contributed by atoms with Gasteiger partial charge in [0.2, 0.25) is 0 Å². The average Bonchev–Trinajstić information content (AvgIpc) is 2.39. The van der Waals surface area contributed by atoms with Gasteiger partial charge in [0.15, 0.2) is 9.84 Å². The molecule has 1 N–H and O–H groups in total. The lowest BCUT2D eigenvalue weighted by atomic mass is 10.2. The third kappa shape index (κ3) is 3.49. The SMILES string of the molecule is CS(=O)(=O)c1ccccc1NCc1cc(Cl)ccc1F. The summed E-state index contributed by atoms with van der Waals surface area (Å²) in [7, 11) is -3.34. The molecule has 106 valence electrons. The molecular weight excluding hydrogens is 301 g/mol. The summed E-state index contributed by atoms with van der Waals surface area (Å²) in [6.07, 6.45) is 1.13. The zero-order valence-corrected chi connectivity index (χ0v) is 12.3. The summed E-state index contributed by atoms with van der Waals surface area (Å²) in [5.74, 6) is -0.390. The Labute approximate surface area is 122 Å². The van der Waals surface area contributed by atoms with Crippen LogP contribution in [0.2, 0.25) is 5.02 Å². The van der Waals surface area contributed by atoms with Crippen LogP contribution < -0.4 is 5.32 Å². The van der Waals surface area contributed by atoms with E-state index in [-0.39, 0.29) is 11.4 Å². The number of para-hydroxylation sites is 1. The summed E-state index contributed by atoms with van der Waals surface area (Å²) < 4.78 is 36.9. The highest BCUT2D eigenvalue weighted by molar-refractivity contribution is 7.90. The quantitative estimate of drug-likeness (QED) is 0.939. The van der Waals surface area contributed by atoms with Gasteiger partial charge < -0.3 is 5.32 Å². The minimum atomic E-state index is -3.34. The molecule has 0 bridgehead atoms. The second-order valence-corrected chi connectivity index (χ2v) is 6.78. The molecule has 2 aromatic rings. The van der Waals surface area contributed by atoms with Gasteiger partial charge in [-0.1, -0.05) is 23.7 Å².